The summed E-state index contributed by atoms with van der Waals surface area (Å²) in [5.41, 5.74) is 12.7. The number of nitrogens with two attached hydrogens (primary N) is 2. The van der Waals surface area contributed by atoms with Crippen LogP contribution in [-0.4, -0.2) is 33.3 Å². The van der Waals surface area contributed by atoms with Crippen LogP contribution in [-0.2, 0) is 0 Å². The highest BCUT2D eigenvalue weighted by Crippen LogP contribution is 2.45. The van der Waals surface area contributed by atoms with Crippen LogP contribution < -0.4 is 20.9 Å². The highest BCUT2D eigenvalue weighted by atomic mass is 16.5. The van der Waals surface area contributed by atoms with Crippen molar-refractivity contribution in [1.29, 1.82) is 0 Å². The molecule has 6 N–H and O–H groups in total. The number of anilines is 2. The molecule has 48 heavy (non-hydrogen) atoms. The summed E-state index contributed by atoms with van der Waals surface area (Å²) >= 11 is 0. The first-order valence-corrected chi connectivity index (χ1v) is 14.7. The van der Waals surface area contributed by atoms with Crippen molar-refractivity contribution in [2.24, 2.45) is 0 Å². The van der Waals surface area contributed by atoms with Crippen LogP contribution in [0.5, 0.6) is 34.5 Å². The van der Waals surface area contributed by atoms with Crippen molar-refractivity contribution in [3.05, 3.63) is 142 Å². The quantitative estimate of drug-likeness (QED) is 0.122. The number of benzene rings is 6. The topological polar surface area (TPSA) is 179 Å². The molecule has 0 amide bonds. The minimum atomic E-state index is -0.511. The van der Waals surface area contributed by atoms with Gasteiger partial charge >= 0.3 is 0 Å². The number of ketones is 4. The number of carbonyl (C=O) groups is 4. The first-order chi connectivity index (χ1) is 23.1. The van der Waals surface area contributed by atoms with Gasteiger partial charge in [0.1, 0.15) is 23.0 Å². The minimum Gasteiger partial charge on any atom is -0.507 e. The average Bonchev–Trinajstić information content (AvgIpc) is 3.09. The number of hydrogen-bond donors (Lipinski definition) is 4. The van der Waals surface area contributed by atoms with Crippen molar-refractivity contribution in [2.75, 3.05) is 11.5 Å². The van der Waals surface area contributed by atoms with E-state index in [4.69, 9.17) is 20.9 Å². The van der Waals surface area contributed by atoms with Gasteiger partial charge in [-0.25, -0.2) is 0 Å². The fourth-order valence-corrected chi connectivity index (χ4v) is 6.30. The van der Waals surface area contributed by atoms with E-state index in [9.17, 15) is 29.4 Å². The van der Waals surface area contributed by atoms with E-state index < -0.39 is 34.6 Å². The first-order valence-electron chi connectivity index (χ1n) is 14.7. The van der Waals surface area contributed by atoms with Crippen molar-refractivity contribution >= 4 is 45.3 Å². The molecule has 0 spiro atoms. The summed E-state index contributed by atoms with van der Waals surface area (Å²) in [6, 6.07) is 25.3. The van der Waals surface area contributed by atoms with Crippen LogP contribution in [0.4, 0.5) is 11.4 Å². The molecule has 232 valence electrons. The number of phenols is 2. The summed E-state index contributed by atoms with van der Waals surface area (Å²) in [6.45, 7) is 0. The van der Waals surface area contributed by atoms with Gasteiger partial charge in [0.15, 0.2) is 34.6 Å². The molecule has 0 fully saturated rings. The molecule has 2 aliphatic carbocycles. The van der Waals surface area contributed by atoms with Crippen LogP contribution in [0.2, 0.25) is 0 Å². The Balaban J connectivity index is 1.13. The van der Waals surface area contributed by atoms with E-state index in [1.54, 1.807) is 60.7 Å². The second kappa shape index (κ2) is 10.3. The zero-order valence-electron chi connectivity index (χ0n) is 24.7. The van der Waals surface area contributed by atoms with Crippen LogP contribution in [0.3, 0.4) is 0 Å². The Morgan fingerprint density at radius 2 is 0.792 bits per heavy atom. The minimum absolute atomic E-state index is 0.0170. The standard InChI is InChI=1S/C38H22N2O8/c39-33-27(15-25(41)29-31(33)37(45)23-7-3-1-5-21(23)35(29)43)47-19-11-9-17-10-12-20(14-18(17)13-19)48-28-16-26(42)30-32(34(28)40)38(46)24-8-4-2-6-22(24)36(30)44/h1-16,41-42H,39-40H2. The highest BCUT2D eigenvalue weighted by molar-refractivity contribution is 6.32. The number of ether oxygens (including phenoxy) is 2. The maximum absolute atomic E-state index is 13.3. The van der Waals surface area contributed by atoms with Crippen LogP contribution in [0.1, 0.15) is 63.7 Å². The number of nitrogen functional groups attached to an aromatic ring is 2. The maximum atomic E-state index is 13.3. The van der Waals surface area contributed by atoms with E-state index in [1.807, 2.05) is 0 Å². The molecule has 2 aliphatic rings. The zero-order chi connectivity index (χ0) is 33.4. The van der Waals surface area contributed by atoms with E-state index in [-0.39, 0.29) is 67.4 Å². The summed E-state index contributed by atoms with van der Waals surface area (Å²) in [7, 11) is 0. The number of rotatable bonds is 4. The van der Waals surface area contributed by atoms with E-state index >= 15 is 0 Å². The van der Waals surface area contributed by atoms with Crippen molar-refractivity contribution in [3.63, 3.8) is 0 Å². The van der Waals surface area contributed by atoms with Gasteiger partial charge in [-0.05, 0) is 35.0 Å². The van der Waals surface area contributed by atoms with Crippen LogP contribution in [0.25, 0.3) is 10.8 Å². The van der Waals surface area contributed by atoms with E-state index in [1.165, 1.54) is 36.4 Å². The average molecular weight is 635 g/mol. The summed E-state index contributed by atoms with van der Waals surface area (Å²) in [6.07, 6.45) is 0. The largest absolute Gasteiger partial charge is 0.507 e. The number of aromatic hydroxyl groups is 2. The molecule has 0 atom stereocenters. The molecular weight excluding hydrogens is 612 g/mol. The molecule has 0 unspecified atom stereocenters. The van der Waals surface area contributed by atoms with Crippen molar-refractivity contribution in [1.82, 2.24) is 0 Å². The monoisotopic (exact) mass is 634 g/mol. The summed E-state index contributed by atoms with van der Waals surface area (Å²) < 4.78 is 12.1. The van der Waals surface area contributed by atoms with Gasteiger partial charge in [0.2, 0.25) is 0 Å². The van der Waals surface area contributed by atoms with Gasteiger partial charge in [-0.3, -0.25) is 19.2 Å². The van der Waals surface area contributed by atoms with Gasteiger partial charge in [0.25, 0.3) is 0 Å². The van der Waals surface area contributed by atoms with Crippen molar-refractivity contribution in [3.8, 4) is 34.5 Å². The normalized spacial score (nSPS) is 13.1. The van der Waals surface area contributed by atoms with Crippen LogP contribution in [0, 0.1) is 0 Å². The van der Waals surface area contributed by atoms with E-state index in [0.717, 1.165) is 5.39 Å². The molecular formula is C38H22N2O8. The molecule has 10 nitrogen and oxygen atoms in total. The lowest BCUT2D eigenvalue weighted by atomic mass is 9.82. The predicted molar refractivity (Wildman–Crippen MR) is 176 cm³/mol. The SMILES string of the molecule is Nc1c(Oc2ccc3ccc(Oc4cc(O)c5c(c4N)C(=O)c4ccccc4C5=O)cc3c2)cc(O)c2c1C(=O)c1ccccc1C2=O. The van der Waals surface area contributed by atoms with Crippen LogP contribution >= 0.6 is 0 Å². The third-order valence-electron chi connectivity index (χ3n) is 8.60. The van der Waals surface area contributed by atoms with Crippen molar-refractivity contribution < 1.29 is 38.9 Å². The number of phenolic OH excluding ortho intramolecular Hbond substituents is 2. The van der Waals surface area contributed by atoms with E-state index in [2.05, 4.69) is 0 Å². The summed E-state index contributed by atoms with van der Waals surface area (Å²) in [5, 5.41) is 23.1. The lowest BCUT2D eigenvalue weighted by molar-refractivity contribution is 0.0977. The Morgan fingerprint density at radius 1 is 0.438 bits per heavy atom. The second-order valence-corrected chi connectivity index (χ2v) is 11.4. The first kappa shape index (κ1) is 28.5. The molecule has 10 heteroatoms. The Kier molecular flexibility index (Phi) is 6.12. The van der Waals surface area contributed by atoms with Gasteiger partial charge in [-0.15, -0.1) is 0 Å². The van der Waals surface area contributed by atoms with Gasteiger partial charge in [0.05, 0.1) is 33.6 Å². The predicted octanol–water partition coefficient (Wildman–Crippen LogP) is 6.55. The molecule has 0 heterocycles. The van der Waals surface area contributed by atoms with Crippen LogP contribution in [0.15, 0.2) is 97.1 Å². The van der Waals surface area contributed by atoms with Gasteiger partial charge in [-0.1, -0.05) is 60.7 Å². The second-order valence-electron chi connectivity index (χ2n) is 11.4. The maximum Gasteiger partial charge on any atom is 0.198 e. The highest BCUT2D eigenvalue weighted by Gasteiger charge is 2.36. The van der Waals surface area contributed by atoms with Gasteiger partial charge in [0, 0.05) is 34.4 Å². The third-order valence-corrected chi connectivity index (χ3v) is 8.60. The molecule has 0 saturated carbocycles. The number of carbonyl (C=O) groups excluding carboxylic acids is 4. The number of hydrogen-bond acceptors (Lipinski definition) is 10. The molecule has 6 aromatic rings. The van der Waals surface area contributed by atoms with E-state index in [0.29, 0.717) is 16.9 Å². The Morgan fingerprint density at radius 3 is 1.17 bits per heavy atom. The Labute approximate surface area is 271 Å². The third kappa shape index (κ3) is 4.13. The molecule has 0 bridgehead atoms. The smallest absolute Gasteiger partial charge is 0.198 e. The molecule has 0 radical (unpaired) electrons. The zero-order valence-corrected chi connectivity index (χ0v) is 24.7. The Bertz CT molecular complexity index is 2320. The van der Waals surface area contributed by atoms with Gasteiger partial charge in [-0.2, -0.15) is 0 Å². The molecule has 0 aliphatic heterocycles. The molecule has 0 aromatic heterocycles. The fourth-order valence-electron chi connectivity index (χ4n) is 6.30. The van der Waals surface area contributed by atoms with Gasteiger partial charge < -0.3 is 31.2 Å². The summed E-state index contributed by atoms with van der Waals surface area (Å²) in [4.78, 5) is 52.9. The Hall–Kier alpha value is -6.94. The lowest BCUT2D eigenvalue weighted by Gasteiger charge is -2.22. The lowest BCUT2D eigenvalue weighted by Crippen LogP contribution is -2.22. The summed E-state index contributed by atoms with van der Waals surface area (Å²) in [5.74, 6) is -2.33. The number of fused-ring (bicyclic) bond motifs is 5. The molecule has 8 rings (SSSR count). The molecule has 0 saturated heterocycles. The fraction of sp³-hybridized carbons (Fsp3) is 0. The molecule has 6 aromatic carbocycles. The van der Waals surface area contributed by atoms with Crippen molar-refractivity contribution in [2.45, 2.75) is 0 Å².